The van der Waals surface area contributed by atoms with Crippen molar-refractivity contribution in [1.82, 2.24) is 0 Å². The van der Waals surface area contributed by atoms with Gasteiger partial charge < -0.3 is 0 Å². The highest BCUT2D eigenvalue weighted by Gasteiger charge is 2.10. The Morgan fingerprint density at radius 2 is 1.00 bits per heavy atom. The van der Waals surface area contributed by atoms with Crippen LogP contribution in [0.1, 0.15) is 58.8 Å². The van der Waals surface area contributed by atoms with Crippen LogP contribution in [0.5, 0.6) is 0 Å². The lowest BCUT2D eigenvalue weighted by Gasteiger charge is -2.16. The molecule has 0 heterocycles. The van der Waals surface area contributed by atoms with Gasteiger partial charge in [-0.15, -0.1) is 0 Å². The van der Waals surface area contributed by atoms with Gasteiger partial charge in [-0.25, -0.2) is 0 Å². The van der Waals surface area contributed by atoms with Crippen LogP contribution in [-0.2, 0) is 0 Å². The molecular formula is C13H28S4. The molecule has 0 aromatic rings. The molecule has 4 atom stereocenters. The maximum absolute atomic E-state index is 4.64. The topological polar surface area (TPSA) is 0 Å². The second-order valence-electron chi connectivity index (χ2n) is 4.95. The summed E-state index contributed by atoms with van der Waals surface area (Å²) < 4.78 is 0. The highest BCUT2D eigenvalue weighted by Crippen LogP contribution is 2.21. The molecule has 104 valence electrons. The molecule has 0 nitrogen and oxygen atoms in total. The Labute approximate surface area is 130 Å². The highest BCUT2D eigenvalue weighted by molar-refractivity contribution is 7.81. The molecule has 0 aliphatic rings. The van der Waals surface area contributed by atoms with E-state index in [0.29, 0.717) is 21.0 Å². The Morgan fingerprint density at radius 1 is 0.647 bits per heavy atom. The van der Waals surface area contributed by atoms with Crippen LogP contribution in [0.25, 0.3) is 0 Å². The van der Waals surface area contributed by atoms with Crippen LogP contribution in [0.4, 0.5) is 0 Å². The molecule has 0 radical (unpaired) electrons. The molecule has 0 spiro atoms. The number of thiol groups is 4. The zero-order valence-corrected chi connectivity index (χ0v) is 14.6. The van der Waals surface area contributed by atoms with E-state index in [9.17, 15) is 0 Å². The van der Waals surface area contributed by atoms with E-state index in [1.165, 1.54) is 32.1 Å². The Kier molecular flexibility index (Phi) is 12.2. The molecule has 0 aliphatic heterocycles. The Bertz CT molecular complexity index is 173. The van der Waals surface area contributed by atoms with E-state index in [2.05, 4.69) is 64.4 Å². The summed E-state index contributed by atoms with van der Waals surface area (Å²) in [5.41, 5.74) is 0. The second-order valence-corrected chi connectivity index (χ2v) is 8.02. The largest absolute Gasteiger partial charge is 0.176 e. The van der Waals surface area contributed by atoms with Crippen LogP contribution >= 0.6 is 50.5 Å². The molecule has 0 N–H and O–H groups in total. The smallest absolute Gasteiger partial charge is 0.00176 e. The molecule has 0 amide bonds. The third kappa shape index (κ3) is 12.2. The number of rotatable bonds is 10. The monoisotopic (exact) mass is 312 g/mol. The molecule has 0 aromatic carbocycles. The predicted molar refractivity (Wildman–Crippen MR) is 94.8 cm³/mol. The van der Waals surface area contributed by atoms with E-state index in [-0.39, 0.29) is 0 Å². The van der Waals surface area contributed by atoms with Gasteiger partial charge in [0, 0.05) is 15.7 Å². The van der Waals surface area contributed by atoms with Crippen LogP contribution in [0, 0.1) is 0 Å². The summed E-state index contributed by atoms with van der Waals surface area (Å²) in [5.74, 6) is 0. The van der Waals surface area contributed by atoms with Crippen molar-refractivity contribution in [2.75, 3.05) is 0 Å². The third-order valence-corrected chi connectivity index (χ3v) is 4.97. The van der Waals surface area contributed by atoms with Crippen molar-refractivity contribution < 1.29 is 0 Å². The van der Waals surface area contributed by atoms with Gasteiger partial charge in [0.2, 0.25) is 0 Å². The average molecular weight is 313 g/mol. The van der Waals surface area contributed by atoms with Crippen molar-refractivity contribution in [3.8, 4) is 0 Å². The SMILES string of the molecule is CCC(S)CCC(S)CCC(S)CCC(C)S. The molecular weight excluding hydrogens is 284 g/mol. The molecule has 4 heteroatoms. The maximum atomic E-state index is 4.64. The van der Waals surface area contributed by atoms with E-state index in [1.807, 2.05) is 0 Å². The maximum Gasteiger partial charge on any atom is 0.00176 e. The standard InChI is InChI=1S/C13H28S4/c1-3-11(15)6-7-13(17)9-8-12(16)5-4-10(2)14/h10-17H,3-9H2,1-2H3. The van der Waals surface area contributed by atoms with Gasteiger partial charge in [-0.1, -0.05) is 13.8 Å². The fourth-order valence-corrected chi connectivity index (χ4v) is 2.59. The van der Waals surface area contributed by atoms with Crippen LogP contribution in [0.15, 0.2) is 0 Å². The summed E-state index contributed by atoms with van der Waals surface area (Å²) >= 11 is 18.2. The molecule has 0 bridgehead atoms. The van der Waals surface area contributed by atoms with Gasteiger partial charge in [-0.2, -0.15) is 50.5 Å². The highest BCUT2D eigenvalue weighted by atomic mass is 32.1. The lowest BCUT2D eigenvalue weighted by Crippen LogP contribution is -2.09. The second kappa shape index (κ2) is 11.2. The number of hydrogen-bond donors (Lipinski definition) is 4. The van der Waals surface area contributed by atoms with Crippen LogP contribution in [-0.4, -0.2) is 21.0 Å². The first-order valence-corrected chi connectivity index (χ1v) is 8.74. The van der Waals surface area contributed by atoms with Crippen molar-refractivity contribution in [3.63, 3.8) is 0 Å². The van der Waals surface area contributed by atoms with E-state index >= 15 is 0 Å². The molecule has 0 fully saturated rings. The average Bonchev–Trinajstić information content (AvgIpc) is 2.30. The normalized spacial score (nSPS) is 18.7. The van der Waals surface area contributed by atoms with E-state index in [0.717, 1.165) is 12.8 Å². The van der Waals surface area contributed by atoms with E-state index in [4.69, 9.17) is 0 Å². The number of hydrogen-bond acceptors (Lipinski definition) is 4. The van der Waals surface area contributed by atoms with Crippen molar-refractivity contribution in [3.05, 3.63) is 0 Å². The van der Waals surface area contributed by atoms with Gasteiger partial charge in [0.25, 0.3) is 0 Å². The van der Waals surface area contributed by atoms with Crippen molar-refractivity contribution in [2.24, 2.45) is 0 Å². The molecule has 17 heavy (non-hydrogen) atoms. The third-order valence-electron chi connectivity index (χ3n) is 3.06. The molecule has 0 aliphatic carbocycles. The zero-order valence-electron chi connectivity index (χ0n) is 11.0. The summed E-state index contributed by atoms with van der Waals surface area (Å²) in [6.45, 7) is 4.33. The van der Waals surface area contributed by atoms with Crippen LogP contribution < -0.4 is 0 Å². The summed E-state index contributed by atoms with van der Waals surface area (Å²) in [6, 6.07) is 0. The first-order chi connectivity index (χ1) is 7.95. The Balaban J connectivity index is 3.51. The van der Waals surface area contributed by atoms with E-state index < -0.39 is 0 Å². The summed E-state index contributed by atoms with van der Waals surface area (Å²) in [5, 5.41) is 2.06. The van der Waals surface area contributed by atoms with Crippen LogP contribution in [0.3, 0.4) is 0 Å². The van der Waals surface area contributed by atoms with Gasteiger partial charge >= 0.3 is 0 Å². The lowest BCUT2D eigenvalue weighted by molar-refractivity contribution is 0.582. The van der Waals surface area contributed by atoms with Crippen molar-refractivity contribution >= 4 is 50.5 Å². The molecule has 0 saturated heterocycles. The zero-order chi connectivity index (χ0) is 13.3. The summed E-state index contributed by atoms with van der Waals surface area (Å²) in [7, 11) is 0. The summed E-state index contributed by atoms with van der Waals surface area (Å²) in [6.07, 6.45) is 8.16. The van der Waals surface area contributed by atoms with Crippen molar-refractivity contribution in [2.45, 2.75) is 79.8 Å². The summed E-state index contributed by atoms with van der Waals surface area (Å²) in [4.78, 5) is 0. The fourth-order valence-electron chi connectivity index (χ4n) is 1.70. The Morgan fingerprint density at radius 3 is 1.35 bits per heavy atom. The van der Waals surface area contributed by atoms with Crippen LogP contribution in [0.2, 0.25) is 0 Å². The van der Waals surface area contributed by atoms with Gasteiger partial charge in [0.1, 0.15) is 0 Å². The van der Waals surface area contributed by atoms with Gasteiger partial charge in [0.15, 0.2) is 0 Å². The molecule has 0 rings (SSSR count). The van der Waals surface area contributed by atoms with Gasteiger partial charge in [-0.05, 0) is 50.2 Å². The van der Waals surface area contributed by atoms with Gasteiger partial charge in [0.05, 0.1) is 0 Å². The molecule has 4 unspecified atom stereocenters. The molecule has 0 aromatic heterocycles. The fraction of sp³-hybridized carbons (Fsp3) is 1.00. The lowest BCUT2D eigenvalue weighted by atomic mass is 10.0. The first-order valence-electron chi connectivity index (χ1n) is 6.67. The minimum atomic E-state index is 0.492. The van der Waals surface area contributed by atoms with Gasteiger partial charge in [-0.3, -0.25) is 0 Å². The minimum absolute atomic E-state index is 0.492. The predicted octanol–water partition coefficient (Wildman–Crippen LogP) is 4.95. The van der Waals surface area contributed by atoms with E-state index in [1.54, 1.807) is 0 Å². The first kappa shape index (κ1) is 18.4. The Hall–Kier alpha value is 1.40. The minimum Gasteiger partial charge on any atom is -0.176 e. The quantitative estimate of drug-likeness (QED) is 0.403. The van der Waals surface area contributed by atoms with Crippen molar-refractivity contribution in [1.29, 1.82) is 0 Å². The molecule has 0 saturated carbocycles.